The summed E-state index contributed by atoms with van der Waals surface area (Å²) in [5.74, 6) is -0.0652. The van der Waals surface area contributed by atoms with Gasteiger partial charge in [-0.25, -0.2) is 0 Å². The molecule has 0 saturated carbocycles. The van der Waals surface area contributed by atoms with Gasteiger partial charge in [0, 0.05) is 0 Å². The molecule has 0 bridgehead atoms. The summed E-state index contributed by atoms with van der Waals surface area (Å²) in [5, 5.41) is 3.02. The van der Waals surface area contributed by atoms with Gasteiger partial charge in [0.05, 0.1) is 23.0 Å². The van der Waals surface area contributed by atoms with Crippen LogP contribution in [-0.4, -0.2) is 18.4 Å². The smallest absolute Gasteiger partial charge is 0.269 e. The molecule has 0 aromatic heterocycles. The Balaban J connectivity index is 1.36. The van der Waals surface area contributed by atoms with Crippen molar-refractivity contribution in [3.05, 3.63) is 125 Å². The van der Waals surface area contributed by atoms with Crippen LogP contribution >= 0.6 is 0 Å². The Labute approximate surface area is 211 Å². The van der Waals surface area contributed by atoms with Gasteiger partial charge in [0.2, 0.25) is 0 Å². The van der Waals surface area contributed by atoms with Crippen LogP contribution in [0.5, 0.6) is 5.75 Å². The fourth-order valence-corrected chi connectivity index (χ4v) is 4.63. The molecule has 1 N–H and O–H groups in total. The molecule has 5 heteroatoms. The number of hydrogen-bond donors (Lipinski definition) is 1. The first-order chi connectivity index (χ1) is 17.6. The van der Waals surface area contributed by atoms with Crippen molar-refractivity contribution in [2.75, 3.05) is 11.5 Å². The number of ether oxygens (including phenoxy) is 1. The van der Waals surface area contributed by atoms with E-state index in [0.717, 1.165) is 40.9 Å². The molecule has 1 aliphatic heterocycles. The van der Waals surface area contributed by atoms with E-state index in [0.29, 0.717) is 11.3 Å². The lowest BCUT2D eigenvalue weighted by Gasteiger charge is -2.25. The van der Waals surface area contributed by atoms with Gasteiger partial charge in [0.15, 0.2) is 6.61 Å². The quantitative estimate of drug-likeness (QED) is 0.370. The molecule has 5 nitrogen and oxygen atoms in total. The highest BCUT2D eigenvalue weighted by Crippen LogP contribution is 2.36. The molecule has 0 saturated heterocycles. The summed E-state index contributed by atoms with van der Waals surface area (Å²) in [5.41, 5.74) is 5.40. The second-order valence-corrected chi connectivity index (χ2v) is 8.88. The van der Waals surface area contributed by atoms with Crippen molar-refractivity contribution in [3.8, 4) is 5.75 Å². The van der Waals surface area contributed by atoms with Crippen LogP contribution < -0.4 is 15.0 Å². The average molecular weight is 477 g/mol. The Bertz CT molecular complexity index is 1340. The highest BCUT2D eigenvalue weighted by Gasteiger charge is 2.26. The number of nitrogens with one attached hydrogen (secondary N) is 1. The fourth-order valence-electron chi connectivity index (χ4n) is 4.63. The minimum atomic E-state index is -0.250. The maximum absolute atomic E-state index is 13.6. The Kier molecular flexibility index (Phi) is 6.80. The fraction of sp³-hybridized carbons (Fsp3) is 0.161. The van der Waals surface area contributed by atoms with Crippen LogP contribution in [-0.2, 0) is 17.6 Å². The molecule has 5 rings (SSSR count). The lowest BCUT2D eigenvalue weighted by molar-refractivity contribution is -0.119. The minimum Gasteiger partial charge on any atom is -0.483 e. The zero-order chi connectivity index (χ0) is 24.9. The third-order valence-electron chi connectivity index (χ3n) is 6.51. The number of benzene rings is 4. The summed E-state index contributed by atoms with van der Waals surface area (Å²) >= 11 is 0. The summed E-state index contributed by atoms with van der Waals surface area (Å²) in [6, 6.07) is 32.6. The van der Waals surface area contributed by atoms with Crippen LogP contribution in [0.2, 0.25) is 0 Å². The zero-order valence-electron chi connectivity index (χ0n) is 20.2. The number of hydrogen-bond acceptors (Lipinski definition) is 3. The van der Waals surface area contributed by atoms with Gasteiger partial charge >= 0.3 is 0 Å². The summed E-state index contributed by atoms with van der Waals surface area (Å²) in [6.45, 7) is 1.75. The first-order valence-corrected chi connectivity index (χ1v) is 12.2. The number of fused-ring (bicyclic) bond motifs is 2. The topological polar surface area (TPSA) is 58.6 Å². The highest BCUT2D eigenvalue weighted by molar-refractivity contribution is 6.03. The summed E-state index contributed by atoms with van der Waals surface area (Å²) in [4.78, 5) is 28.4. The number of carbonyl (C=O) groups excluding carboxylic acids is 2. The first kappa shape index (κ1) is 23.4. The maximum Gasteiger partial charge on any atom is 0.269 e. The van der Waals surface area contributed by atoms with E-state index in [4.69, 9.17) is 4.74 Å². The first-order valence-electron chi connectivity index (χ1n) is 12.2. The van der Waals surface area contributed by atoms with Crippen LogP contribution in [0.25, 0.3) is 0 Å². The monoisotopic (exact) mass is 476 g/mol. The van der Waals surface area contributed by atoms with Gasteiger partial charge in [-0.15, -0.1) is 0 Å². The molecule has 0 radical (unpaired) electrons. The molecular weight excluding hydrogens is 448 g/mol. The van der Waals surface area contributed by atoms with Crippen LogP contribution in [0, 0.1) is 0 Å². The lowest BCUT2D eigenvalue weighted by Crippen LogP contribution is -2.32. The summed E-state index contributed by atoms with van der Waals surface area (Å²) in [6.07, 6.45) is 1.72. The van der Waals surface area contributed by atoms with Crippen molar-refractivity contribution in [2.45, 2.75) is 25.8 Å². The van der Waals surface area contributed by atoms with E-state index in [2.05, 4.69) is 17.4 Å². The molecule has 4 aromatic rings. The molecule has 180 valence electrons. The second kappa shape index (κ2) is 10.5. The average Bonchev–Trinajstić information content (AvgIpc) is 3.09. The minimum absolute atomic E-state index is 0.168. The number of anilines is 2. The normalized spacial score (nSPS) is 13.1. The summed E-state index contributed by atoms with van der Waals surface area (Å²) in [7, 11) is 0. The van der Waals surface area contributed by atoms with Crippen LogP contribution in [0.4, 0.5) is 11.4 Å². The van der Waals surface area contributed by atoms with Crippen molar-refractivity contribution < 1.29 is 14.3 Å². The van der Waals surface area contributed by atoms with Gasteiger partial charge in [-0.3, -0.25) is 14.5 Å². The molecule has 4 aromatic carbocycles. The van der Waals surface area contributed by atoms with Crippen molar-refractivity contribution in [1.29, 1.82) is 0 Å². The van der Waals surface area contributed by atoms with Gasteiger partial charge in [0.1, 0.15) is 5.75 Å². The number of nitrogens with zero attached hydrogens (tertiary/aromatic N) is 1. The van der Waals surface area contributed by atoms with Crippen molar-refractivity contribution in [1.82, 2.24) is 5.32 Å². The molecule has 1 aliphatic rings. The largest absolute Gasteiger partial charge is 0.483 e. The number of carbonyl (C=O) groups is 2. The van der Waals surface area contributed by atoms with Gasteiger partial charge in [-0.1, -0.05) is 78.9 Å². The number of amides is 2. The molecule has 36 heavy (non-hydrogen) atoms. The standard InChI is InChI=1S/C31H28N2O3/c1-22(23-11-3-2-4-12-23)32-31(35)26-15-7-10-18-29(26)36-21-30(34)33-27-16-8-5-13-24(27)19-20-25-14-6-9-17-28(25)33/h2-18,22H,19-21H2,1H3,(H,32,35)/t22-/m0/s1. The Hall–Kier alpha value is -4.38. The van der Waals surface area contributed by atoms with Gasteiger partial charge in [-0.05, 0) is 60.7 Å². The third-order valence-corrected chi connectivity index (χ3v) is 6.51. The molecule has 1 heterocycles. The highest BCUT2D eigenvalue weighted by atomic mass is 16.5. The molecule has 0 aliphatic carbocycles. The number of para-hydroxylation sites is 3. The predicted molar refractivity (Wildman–Crippen MR) is 142 cm³/mol. The Morgan fingerprint density at radius 2 is 1.33 bits per heavy atom. The second-order valence-electron chi connectivity index (χ2n) is 8.88. The number of aryl methyl sites for hydroxylation is 2. The van der Waals surface area contributed by atoms with E-state index in [1.54, 1.807) is 29.2 Å². The zero-order valence-corrected chi connectivity index (χ0v) is 20.2. The molecule has 2 amide bonds. The molecule has 0 fully saturated rings. The molecule has 1 atom stereocenters. The van der Waals surface area contributed by atoms with Gasteiger partial charge in [0.25, 0.3) is 11.8 Å². The van der Waals surface area contributed by atoms with Crippen LogP contribution in [0.1, 0.15) is 40.0 Å². The SMILES string of the molecule is C[C@H](NC(=O)c1ccccc1OCC(=O)N1c2ccccc2CCc2ccccc21)c1ccccc1. The van der Waals surface area contributed by atoms with E-state index < -0.39 is 0 Å². The van der Waals surface area contributed by atoms with E-state index in [9.17, 15) is 9.59 Å². The Morgan fingerprint density at radius 3 is 2.00 bits per heavy atom. The third kappa shape index (κ3) is 4.86. The van der Waals surface area contributed by atoms with E-state index in [1.165, 1.54) is 0 Å². The number of rotatable bonds is 6. The molecule has 0 unspecified atom stereocenters. The van der Waals surface area contributed by atoms with E-state index in [1.807, 2.05) is 73.7 Å². The Morgan fingerprint density at radius 1 is 0.778 bits per heavy atom. The van der Waals surface area contributed by atoms with E-state index >= 15 is 0 Å². The van der Waals surface area contributed by atoms with Crippen LogP contribution in [0.15, 0.2) is 103 Å². The van der Waals surface area contributed by atoms with Crippen LogP contribution in [0.3, 0.4) is 0 Å². The predicted octanol–water partition coefficient (Wildman–Crippen LogP) is 6.02. The molecular formula is C31H28N2O3. The van der Waals surface area contributed by atoms with Gasteiger partial charge < -0.3 is 10.1 Å². The van der Waals surface area contributed by atoms with E-state index in [-0.39, 0.29) is 24.5 Å². The maximum atomic E-state index is 13.6. The lowest BCUT2D eigenvalue weighted by atomic mass is 10.0. The molecule has 0 spiro atoms. The van der Waals surface area contributed by atoms with Crippen molar-refractivity contribution in [3.63, 3.8) is 0 Å². The summed E-state index contributed by atoms with van der Waals surface area (Å²) < 4.78 is 5.98. The van der Waals surface area contributed by atoms with Gasteiger partial charge in [-0.2, -0.15) is 0 Å². The van der Waals surface area contributed by atoms with Crippen molar-refractivity contribution >= 4 is 23.2 Å². The van der Waals surface area contributed by atoms with Crippen molar-refractivity contribution in [2.24, 2.45) is 0 Å².